The molecule has 6 nitrogen and oxygen atoms in total. The van der Waals surface area contributed by atoms with Gasteiger partial charge in [0.05, 0.1) is 11.3 Å². The molecule has 1 saturated heterocycles. The number of anilines is 1. The molecule has 28 heavy (non-hydrogen) atoms. The average Bonchev–Trinajstić information content (AvgIpc) is 2.70. The van der Waals surface area contributed by atoms with Gasteiger partial charge in [0.1, 0.15) is 5.82 Å². The van der Waals surface area contributed by atoms with Crippen LogP contribution in [-0.4, -0.2) is 67.9 Å². The molecule has 0 radical (unpaired) electrons. The van der Waals surface area contributed by atoms with Gasteiger partial charge in [-0.2, -0.15) is 0 Å². The second-order valence-electron chi connectivity index (χ2n) is 6.91. The molecule has 0 aliphatic carbocycles. The number of rotatable bonds is 6. The van der Waals surface area contributed by atoms with Crippen molar-refractivity contribution in [3.05, 3.63) is 65.5 Å². The number of amides is 2. The molecule has 2 aromatic rings. The van der Waals surface area contributed by atoms with Crippen LogP contribution in [0.5, 0.6) is 0 Å². The fourth-order valence-electron chi connectivity index (χ4n) is 3.11. The molecule has 3 rings (SSSR count). The minimum Gasteiger partial charge on any atom is -0.351 e. The van der Waals surface area contributed by atoms with Crippen molar-refractivity contribution >= 4 is 17.5 Å². The second-order valence-corrected chi connectivity index (χ2v) is 6.91. The average molecular weight is 384 g/mol. The van der Waals surface area contributed by atoms with Crippen LogP contribution in [-0.2, 0) is 0 Å². The van der Waals surface area contributed by atoms with Gasteiger partial charge < -0.3 is 15.5 Å². The van der Waals surface area contributed by atoms with Gasteiger partial charge in [0.2, 0.25) is 0 Å². The van der Waals surface area contributed by atoms with Gasteiger partial charge in [-0.05, 0) is 37.4 Å². The third-order valence-corrected chi connectivity index (χ3v) is 4.82. The summed E-state index contributed by atoms with van der Waals surface area (Å²) in [7, 11) is 2.11. The maximum absolute atomic E-state index is 13.3. The number of benzene rings is 2. The number of piperazine rings is 1. The van der Waals surface area contributed by atoms with E-state index in [9.17, 15) is 14.0 Å². The van der Waals surface area contributed by atoms with Crippen molar-refractivity contribution in [2.45, 2.75) is 0 Å². The number of carbonyl (C=O) groups is 2. The quantitative estimate of drug-likeness (QED) is 0.800. The fraction of sp³-hybridized carbons (Fsp3) is 0.333. The zero-order chi connectivity index (χ0) is 19.9. The molecule has 0 unspecified atom stereocenters. The van der Waals surface area contributed by atoms with Gasteiger partial charge in [-0.1, -0.05) is 18.2 Å². The number of nitrogens with one attached hydrogen (secondary N) is 2. The van der Waals surface area contributed by atoms with Crippen molar-refractivity contribution < 1.29 is 14.0 Å². The Balaban J connectivity index is 1.58. The molecular weight excluding hydrogens is 359 g/mol. The van der Waals surface area contributed by atoms with Gasteiger partial charge in [-0.15, -0.1) is 0 Å². The molecule has 1 heterocycles. The Kier molecular flexibility index (Phi) is 6.73. The molecule has 0 spiro atoms. The number of para-hydroxylation sites is 1. The predicted molar refractivity (Wildman–Crippen MR) is 107 cm³/mol. The van der Waals surface area contributed by atoms with E-state index < -0.39 is 11.7 Å². The number of nitrogens with zero attached hydrogens (tertiary/aromatic N) is 2. The SMILES string of the molecule is CN1CCN(CCNC(=O)c2ccccc2NC(=O)c2cccc(F)c2)CC1. The number of hydrogen-bond acceptors (Lipinski definition) is 4. The monoisotopic (exact) mass is 384 g/mol. The van der Waals surface area contributed by atoms with Crippen molar-refractivity contribution in [1.82, 2.24) is 15.1 Å². The van der Waals surface area contributed by atoms with Crippen LogP contribution in [0.4, 0.5) is 10.1 Å². The van der Waals surface area contributed by atoms with Gasteiger partial charge >= 0.3 is 0 Å². The van der Waals surface area contributed by atoms with Gasteiger partial charge in [0.25, 0.3) is 11.8 Å². The third kappa shape index (κ3) is 5.37. The number of carbonyl (C=O) groups excluding carboxylic acids is 2. The molecule has 0 saturated carbocycles. The van der Waals surface area contributed by atoms with Crippen molar-refractivity contribution in [3.63, 3.8) is 0 Å². The Hall–Kier alpha value is -2.77. The van der Waals surface area contributed by atoms with Crippen molar-refractivity contribution in [1.29, 1.82) is 0 Å². The van der Waals surface area contributed by atoms with Crippen LogP contribution in [0.1, 0.15) is 20.7 Å². The van der Waals surface area contributed by atoms with Gasteiger partial charge in [0.15, 0.2) is 0 Å². The molecule has 2 amide bonds. The summed E-state index contributed by atoms with van der Waals surface area (Å²) in [6.07, 6.45) is 0. The maximum Gasteiger partial charge on any atom is 0.255 e. The lowest BCUT2D eigenvalue weighted by Gasteiger charge is -2.32. The summed E-state index contributed by atoms with van der Waals surface area (Å²) in [6.45, 7) is 5.37. The standard InChI is InChI=1S/C21H25FN4O2/c1-25-11-13-26(14-12-25)10-9-23-21(28)18-7-2-3-8-19(18)24-20(27)16-5-4-6-17(22)15-16/h2-8,15H,9-14H2,1H3,(H,23,28)(H,24,27). The van der Waals surface area contributed by atoms with E-state index in [1.807, 2.05) is 0 Å². The fourth-order valence-corrected chi connectivity index (χ4v) is 3.11. The first-order chi connectivity index (χ1) is 13.5. The summed E-state index contributed by atoms with van der Waals surface area (Å²) in [5, 5.41) is 5.61. The first kappa shape index (κ1) is 20.0. The van der Waals surface area contributed by atoms with E-state index in [1.54, 1.807) is 24.3 Å². The van der Waals surface area contributed by atoms with Gasteiger partial charge in [0, 0.05) is 44.8 Å². The highest BCUT2D eigenvalue weighted by molar-refractivity contribution is 6.08. The van der Waals surface area contributed by atoms with Crippen LogP contribution in [0.25, 0.3) is 0 Å². The summed E-state index contributed by atoms with van der Waals surface area (Å²) in [4.78, 5) is 29.6. The van der Waals surface area contributed by atoms with Crippen LogP contribution in [0.3, 0.4) is 0 Å². The van der Waals surface area contributed by atoms with Crippen LogP contribution in [0.2, 0.25) is 0 Å². The minimum absolute atomic E-state index is 0.199. The van der Waals surface area contributed by atoms with E-state index in [4.69, 9.17) is 0 Å². The molecule has 2 N–H and O–H groups in total. The van der Waals surface area contributed by atoms with E-state index in [0.717, 1.165) is 38.8 Å². The van der Waals surface area contributed by atoms with E-state index in [2.05, 4.69) is 27.5 Å². The number of hydrogen-bond donors (Lipinski definition) is 2. The summed E-state index contributed by atoms with van der Waals surface area (Å²) >= 11 is 0. The first-order valence-electron chi connectivity index (χ1n) is 9.38. The van der Waals surface area contributed by atoms with Crippen LogP contribution < -0.4 is 10.6 Å². The normalized spacial score (nSPS) is 15.2. The predicted octanol–water partition coefficient (Wildman–Crippen LogP) is 2.06. The third-order valence-electron chi connectivity index (χ3n) is 4.82. The summed E-state index contributed by atoms with van der Waals surface area (Å²) < 4.78 is 13.3. The smallest absolute Gasteiger partial charge is 0.255 e. The van der Waals surface area contributed by atoms with E-state index >= 15 is 0 Å². The summed E-state index contributed by atoms with van der Waals surface area (Å²) in [5.41, 5.74) is 0.977. The molecular formula is C21H25FN4O2. The molecule has 1 aliphatic heterocycles. The van der Waals surface area contributed by atoms with E-state index in [1.165, 1.54) is 18.2 Å². The van der Waals surface area contributed by atoms with Crippen LogP contribution >= 0.6 is 0 Å². The molecule has 0 bridgehead atoms. The zero-order valence-corrected chi connectivity index (χ0v) is 16.0. The largest absolute Gasteiger partial charge is 0.351 e. The second kappa shape index (κ2) is 9.43. The maximum atomic E-state index is 13.3. The van der Waals surface area contributed by atoms with Crippen molar-refractivity contribution in [3.8, 4) is 0 Å². The zero-order valence-electron chi connectivity index (χ0n) is 16.0. The van der Waals surface area contributed by atoms with Crippen molar-refractivity contribution in [2.75, 3.05) is 51.6 Å². The lowest BCUT2D eigenvalue weighted by Crippen LogP contribution is -2.46. The number of halogens is 1. The molecule has 1 fully saturated rings. The lowest BCUT2D eigenvalue weighted by atomic mass is 10.1. The van der Waals surface area contributed by atoms with Gasteiger partial charge in [-0.3, -0.25) is 14.5 Å². The Bertz CT molecular complexity index is 835. The molecule has 1 aliphatic rings. The van der Waals surface area contributed by atoms with E-state index in [0.29, 0.717) is 17.8 Å². The van der Waals surface area contributed by atoms with Gasteiger partial charge in [-0.25, -0.2) is 4.39 Å². The van der Waals surface area contributed by atoms with Crippen LogP contribution in [0, 0.1) is 5.82 Å². The molecule has 2 aromatic carbocycles. The first-order valence-corrected chi connectivity index (χ1v) is 9.38. The highest BCUT2D eigenvalue weighted by Gasteiger charge is 2.16. The van der Waals surface area contributed by atoms with Crippen LogP contribution in [0.15, 0.2) is 48.5 Å². The Morgan fingerprint density at radius 3 is 2.50 bits per heavy atom. The van der Waals surface area contributed by atoms with E-state index in [-0.39, 0.29) is 11.5 Å². The highest BCUT2D eigenvalue weighted by atomic mass is 19.1. The Labute approximate surface area is 164 Å². The molecule has 148 valence electrons. The Morgan fingerprint density at radius 1 is 1.00 bits per heavy atom. The minimum atomic E-state index is -0.484. The summed E-state index contributed by atoms with van der Waals surface area (Å²) in [5.74, 6) is -1.19. The Morgan fingerprint density at radius 2 is 1.75 bits per heavy atom. The summed E-state index contributed by atoms with van der Waals surface area (Å²) in [6, 6.07) is 12.2. The molecule has 0 aromatic heterocycles. The topological polar surface area (TPSA) is 64.7 Å². The lowest BCUT2D eigenvalue weighted by molar-refractivity contribution is 0.0942. The molecule has 0 atom stereocenters. The molecule has 7 heteroatoms. The highest BCUT2D eigenvalue weighted by Crippen LogP contribution is 2.16. The number of likely N-dealkylation sites (N-methyl/N-ethyl adjacent to an activating group) is 1. The van der Waals surface area contributed by atoms with Crippen molar-refractivity contribution in [2.24, 2.45) is 0 Å².